The predicted octanol–water partition coefficient (Wildman–Crippen LogP) is 9.33. The van der Waals surface area contributed by atoms with Crippen LogP contribution >= 0.6 is 0 Å². The zero-order valence-corrected chi connectivity index (χ0v) is 32.6. The summed E-state index contributed by atoms with van der Waals surface area (Å²) >= 11 is 0. The van der Waals surface area contributed by atoms with Crippen LogP contribution in [0.1, 0.15) is 65.0 Å². The normalized spacial score (nSPS) is 13.3. The first kappa shape index (κ1) is 47.3. The van der Waals surface area contributed by atoms with Crippen molar-refractivity contribution in [1.29, 1.82) is 0 Å². The molecule has 58 heavy (non-hydrogen) atoms. The fourth-order valence-corrected chi connectivity index (χ4v) is 5.76. The van der Waals surface area contributed by atoms with Crippen molar-refractivity contribution >= 4 is 17.9 Å². The summed E-state index contributed by atoms with van der Waals surface area (Å²) in [5.41, 5.74) is -7.81. The highest BCUT2D eigenvalue weighted by molar-refractivity contribution is 5.78. The molecular formula is C41H46F8O9. The van der Waals surface area contributed by atoms with Gasteiger partial charge < -0.3 is 28.4 Å². The van der Waals surface area contributed by atoms with E-state index in [9.17, 15) is 49.5 Å². The first-order valence-electron chi connectivity index (χ1n) is 18.4. The molecule has 0 aromatic heterocycles. The maximum Gasteiger partial charge on any atom is 0.411 e. The number of rotatable bonds is 21. The van der Waals surface area contributed by atoms with Crippen molar-refractivity contribution in [2.75, 3.05) is 39.6 Å². The van der Waals surface area contributed by atoms with Gasteiger partial charge in [0, 0.05) is 6.07 Å². The lowest BCUT2D eigenvalue weighted by Gasteiger charge is -2.38. The van der Waals surface area contributed by atoms with Gasteiger partial charge in [0.25, 0.3) is 0 Å². The van der Waals surface area contributed by atoms with E-state index in [2.05, 4.69) is 0 Å². The van der Waals surface area contributed by atoms with E-state index in [0.29, 0.717) is 30.7 Å². The summed E-state index contributed by atoms with van der Waals surface area (Å²) in [6.45, 7) is 6.95. The minimum atomic E-state index is -5.84. The Morgan fingerprint density at radius 1 is 0.569 bits per heavy atom. The van der Waals surface area contributed by atoms with Crippen LogP contribution in [0.2, 0.25) is 0 Å². The Morgan fingerprint density at radius 3 is 1.43 bits per heavy atom. The van der Waals surface area contributed by atoms with Gasteiger partial charge in [-0.25, -0.2) is 8.78 Å². The number of carbonyl (C=O) groups is 3. The lowest BCUT2D eigenvalue weighted by atomic mass is 9.73. The molecule has 0 radical (unpaired) electrons. The molecule has 3 aromatic carbocycles. The Hall–Kier alpha value is -5.09. The van der Waals surface area contributed by atoms with E-state index in [4.69, 9.17) is 28.4 Å². The minimum Gasteiger partial charge on any atom is -0.490 e. The zero-order chi connectivity index (χ0) is 43.3. The summed E-state index contributed by atoms with van der Waals surface area (Å²) in [4.78, 5) is 37.4. The maximum atomic E-state index is 14.6. The Morgan fingerprint density at radius 2 is 1.00 bits per heavy atom. The highest BCUT2D eigenvalue weighted by atomic mass is 19.4. The molecule has 3 aromatic rings. The standard InChI is InChI=1S/C41H46F8O9/c1-6-26(3)35(50)56-21-18-53-30-12-8-28(9-13-30)39(40(44,45)46,41(47,48)49)29-10-14-31(15-11-29)54-19-22-57-36(51)27(7-2)25-38(4,5)37(52)58-23-20-55-32-16-17-33(42)34(43)24-32/h8-17,24,26-27H,6-7,18-23,25H2,1-5H3. The second-order valence-electron chi connectivity index (χ2n) is 13.9. The van der Waals surface area contributed by atoms with E-state index in [0.717, 1.165) is 36.4 Å². The lowest BCUT2D eigenvalue weighted by molar-refractivity contribution is -0.288. The molecule has 0 aliphatic heterocycles. The second-order valence-corrected chi connectivity index (χ2v) is 13.9. The quantitative estimate of drug-likeness (QED) is 0.0449. The van der Waals surface area contributed by atoms with Crippen molar-refractivity contribution in [2.45, 2.75) is 71.6 Å². The molecule has 0 heterocycles. The predicted molar refractivity (Wildman–Crippen MR) is 193 cm³/mol. The number of ether oxygens (including phenoxy) is 6. The van der Waals surface area contributed by atoms with Crippen LogP contribution in [0.15, 0.2) is 66.7 Å². The van der Waals surface area contributed by atoms with E-state index in [1.165, 1.54) is 6.07 Å². The molecule has 9 nitrogen and oxygen atoms in total. The van der Waals surface area contributed by atoms with Crippen LogP contribution in [0.25, 0.3) is 0 Å². The van der Waals surface area contributed by atoms with E-state index in [1.54, 1.807) is 34.6 Å². The molecular weight excluding hydrogens is 788 g/mol. The molecule has 0 bridgehead atoms. The molecule has 17 heteroatoms. The molecule has 0 N–H and O–H groups in total. The smallest absolute Gasteiger partial charge is 0.411 e. The highest BCUT2D eigenvalue weighted by Crippen LogP contribution is 2.56. The number of halogens is 8. The first-order chi connectivity index (χ1) is 27.2. The molecule has 0 saturated carbocycles. The summed E-state index contributed by atoms with van der Waals surface area (Å²) in [6, 6.07) is 9.40. The van der Waals surface area contributed by atoms with Gasteiger partial charge in [0.2, 0.25) is 5.41 Å². The number of esters is 3. The molecule has 0 fully saturated rings. The van der Waals surface area contributed by atoms with Crippen LogP contribution in [-0.4, -0.2) is 69.9 Å². The Kier molecular flexibility index (Phi) is 16.8. The maximum absolute atomic E-state index is 14.6. The Balaban J connectivity index is 1.57. The van der Waals surface area contributed by atoms with E-state index in [1.807, 2.05) is 0 Å². The van der Waals surface area contributed by atoms with Crippen molar-refractivity contribution in [3.8, 4) is 17.2 Å². The fourth-order valence-electron chi connectivity index (χ4n) is 5.76. The molecule has 0 amide bonds. The average molecular weight is 835 g/mol. The zero-order valence-electron chi connectivity index (χ0n) is 32.6. The first-order valence-corrected chi connectivity index (χ1v) is 18.4. The van der Waals surface area contributed by atoms with Gasteiger partial charge in [-0.05, 0) is 80.6 Å². The lowest BCUT2D eigenvalue weighted by Crippen LogP contribution is -2.54. The summed E-state index contributed by atoms with van der Waals surface area (Å²) in [5.74, 6) is -5.13. The van der Waals surface area contributed by atoms with Crippen molar-refractivity contribution in [3.05, 3.63) is 89.5 Å². The minimum absolute atomic E-state index is 0.0269. The molecule has 0 saturated heterocycles. The van der Waals surface area contributed by atoms with Crippen LogP contribution in [0.3, 0.4) is 0 Å². The fraction of sp³-hybridized carbons (Fsp3) is 0.488. The van der Waals surface area contributed by atoms with E-state index >= 15 is 0 Å². The Labute approximate surface area is 330 Å². The van der Waals surface area contributed by atoms with Gasteiger partial charge in [-0.2, -0.15) is 26.3 Å². The topological polar surface area (TPSA) is 107 Å². The largest absolute Gasteiger partial charge is 0.490 e. The van der Waals surface area contributed by atoms with Crippen LogP contribution in [0.5, 0.6) is 17.2 Å². The van der Waals surface area contributed by atoms with E-state index in [-0.39, 0.29) is 75.6 Å². The molecule has 0 aliphatic rings. The number of benzene rings is 3. The highest BCUT2D eigenvalue weighted by Gasteiger charge is 2.72. The van der Waals surface area contributed by atoms with Gasteiger partial charge >= 0.3 is 30.3 Å². The third kappa shape index (κ3) is 12.2. The van der Waals surface area contributed by atoms with Crippen molar-refractivity contribution in [3.63, 3.8) is 0 Å². The summed E-state index contributed by atoms with van der Waals surface area (Å²) in [5, 5.41) is 0. The van der Waals surface area contributed by atoms with Gasteiger partial charge in [0.15, 0.2) is 11.6 Å². The summed E-state index contributed by atoms with van der Waals surface area (Å²) < 4.78 is 146. The third-order valence-electron chi connectivity index (χ3n) is 9.24. The van der Waals surface area contributed by atoms with Gasteiger partial charge in [-0.1, -0.05) is 45.0 Å². The van der Waals surface area contributed by atoms with E-state index < -0.39 is 69.8 Å². The van der Waals surface area contributed by atoms with Gasteiger partial charge in [0.1, 0.15) is 56.9 Å². The third-order valence-corrected chi connectivity index (χ3v) is 9.24. The van der Waals surface area contributed by atoms with Crippen molar-refractivity contribution < 1.29 is 77.9 Å². The number of hydrogen-bond donors (Lipinski definition) is 0. The van der Waals surface area contributed by atoms with Crippen LogP contribution in [0.4, 0.5) is 35.1 Å². The average Bonchev–Trinajstić information content (AvgIpc) is 3.16. The number of alkyl halides is 6. The monoisotopic (exact) mass is 834 g/mol. The second kappa shape index (κ2) is 20.6. The van der Waals surface area contributed by atoms with Crippen LogP contribution in [0, 0.1) is 28.9 Å². The van der Waals surface area contributed by atoms with Crippen molar-refractivity contribution in [2.24, 2.45) is 17.3 Å². The van der Waals surface area contributed by atoms with Gasteiger partial charge in [-0.15, -0.1) is 0 Å². The summed E-state index contributed by atoms with van der Waals surface area (Å²) in [6.07, 6.45) is -10.8. The molecule has 0 spiro atoms. The molecule has 0 aliphatic carbocycles. The Bertz CT molecular complexity index is 1780. The molecule has 2 atom stereocenters. The van der Waals surface area contributed by atoms with Crippen molar-refractivity contribution in [1.82, 2.24) is 0 Å². The molecule has 320 valence electrons. The number of carbonyl (C=O) groups excluding carboxylic acids is 3. The van der Waals surface area contributed by atoms with Crippen LogP contribution < -0.4 is 14.2 Å². The summed E-state index contributed by atoms with van der Waals surface area (Å²) in [7, 11) is 0. The molecule has 2 unspecified atom stereocenters. The van der Waals surface area contributed by atoms with Gasteiger partial charge in [-0.3, -0.25) is 14.4 Å². The van der Waals surface area contributed by atoms with Gasteiger partial charge in [0.05, 0.1) is 17.3 Å². The number of hydrogen-bond acceptors (Lipinski definition) is 9. The SMILES string of the molecule is CCC(C)C(=O)OCCOc1ccc(C(c2ccc(OCCOC(=O)C(CC)CC(C)(C)C(=O)OCCOc3ccc(F)c(F)c3)cc2)(C(F)(F)F)C(F)(F)F)cc1. The molecule has 3 rings (SSSR count). The van der Waals surface area contributed by atoms with Crippen LogP contribution in [-0.2, 0) is 34.0 Å².